The van der Waals surface area contributed by atoms with E-state index < -0.39 is 0 Å². The van der Waals surface area contributed by atoms with Gasteiger partial charge in [0, 0.05) is 5.41 Å². The molecule has 2 aromatic heterocycles. The van der Waals surface area contributed by atoms with E-state index in [-0.39, 0.29) is 5.41 Å². The minimum atomic E-state index is 0.000743. The minimum Gasteiger partial charge on any atom is -0.444 e. The van der Waals surface area contributed by atoms with Gasteiger partial charge in [0.1, 0.15) is 5.76 Å². The third-order valence-electron chi connectivity index (χ3n) is 2.39. The van der Waals surface area contributed by atoms with E-state index in [1.165, 1.54) is 11.3 Å². The fourth-order valence-corrected chi connectivity index (χ4v) is 3.26. The van der Waals surface area contributed by atoms with Gasteiger partial charge < -0.3 is 10.2 Å². The maximum absolute atomic E-state index is 5.74. The number of nitrogens with zero attached hydrogens (tertiary/aromatic N) is 2. The summed E-state index contributed by atoms with van der Waals surface area (Å²) in [4.78, 5) is 8.49. The molecule has 98 valence electrons. The van der Waals surface area contributed by atoms with Crippen molar-refractivity contribution in [1.82, 2.24) is 9.97 Å². The average Bonchev–Trinajstić information content (AvgIpc) is 2.81. The molecule has 0 spiro atoms. The number of nitrogens with two attached hydrogens (primary N) is 1. The van der Waals surface area contributed by atoms with Gasteiger partial charge in [-0.3, -0.25) is 0 Å². The zero-order chi connectivity index (χ0) is 13.3. The van der Waals surface area contributed by atoms with E-state index in [1.807, 2.05) is 13.1 Å². The first kappa shape index (κ1) is 13.4. The normalized spacial score (nSPS) is 12.0. The summed E-state index contributed by atoms with van der Waals surface area (Å²) in [5.74, 6) is 2.37. The second-order valence-corrected chi connectivity index (χ2v) is 7.36. The molecule has 2 heterocycles. The quantitative estimate of drug-likeness (QED) is 0.872. The van der Waals surface area contributed by atoms with Crippen LogP contribution in [0.3, 0.4) is 0 Å². The molecule has 18 heavy (non-hydrogen) atoms. The molecule has 0 aromatic carbocycles. The number of aryl methyl sites for hydroxylation is 1. The van der Waals surface area contributed by atoms with Gasteiger partial charge in [-0.15, -0.1) is 11.8 Å². The summed E-state index contributed by atoms with van der Waals surface area (Å²) in [6.45, 7) is 8.29. The Morgan fingerprint density at radius 3 is 2.67 bits per heavy atom. The maximum Gasteiger partial charge on any atom is 0.204 e. The number of thioether (sulfide) groups is 1. The number of anilines is 1. The van der Waals surface area contributed by atoms with Crippen LogP contribution in [0.2, 0.25) is 0 Å². The van der Waals surface area contributed by atoms with Crippen molar-refractivity contribution < 1.29 is 4.42 Å². The second-order valence-electron chi connectivity index (χ2n) is 5.08. The van der Waals surface area contributed by atoms with Gasteiger partial charge in [-0.25, -0.2) is 9.97 Å². The molecule has 0 radical (unpaired) electrons. The SMILES string of the molecule is Cc1nc(N)sc1SCc1ncc(C(C)(C)C)o1. The molecule has 0 aliphatic carbocycles. The van der Waals surface area contributed by atoms with E-state index in [9.17, 15) is 0 Å². The summed E-state index contributed by atoms with van der Waals surface area (Å²) in [6, 6.07) is 0. The number of oxazole rings is 1. The van der Waals surface area contributed by atoms with Gasteiger partial charge >= 0.3 is 0 Å². The Hall–Kier alpha value is -1.01. The van der Waals surface area contributed by atoms with Crippen molar-refractivity contribution in [2.24, 2.45) is 0 Å². The number of rotatable bonds is 3. The third kappa shape index (κ3) is 3.05. The summed E-state index contributed by atoms with van der Waals surface area (Å²) < 4.78 is 6.87. The fraction of sp³-hybridized carbons (Fsp3) is 0.500. The van der Waals surface area contributed by atoms with Crippen molar-refractivity contribution in [3.05, 3.63) is 23.5 Å². The lowest BCUT2D eigenvalue weighted by atomic mass is 9.94. The van der Waals surface area contributed by atoms with Crippen LogP contribution in [0.25, 0.3) is 0 Å². The van der Waals surface area contributed by atoms with Crippen molar-refractivity contribution in [1.29, 1.82) is 0 Å². The van der Waals surface area contributed by atoms with Gasteiger partial charge in [-0.1, -0.05) is 32.1 Å². The zero-order valence-electron chi connectivity index (χ0n) is 11.0. The predicted octanol–water partition coefficient (Wildman–Crippen LogP) is 3.61. The van der Waals surface area contributed by atoms with Gasteiger partial charge in [0.2, 0.25) is 5.89 Å². The van der Waals surface area contributed by atoms with Crippen LogP contribution in [-0.4, -0.2) is 9.97 Å². The largest absolute Gasteiger partial charge is 0.444 e. The number of nitrogen functional groups attached to an aromatic ring is 1. The highest BCUT2D eigenvalue weighted by molar-refractivity contribution is 8.00. The Labute approximate surface area is 115 Å². The first-order valence-electron chi connectivity index (χ1n) is 5.67. The Balaban J connectivity index is 2.03. The van der Waals surface area contributed by atoms with Crippen molar-refractivity contribution in [2.75, 3.05) is 5.73 Å². The zero-order valence-corrected chi connectivity index (χ0v) is 12.6. The first-order chi connectivity index (χ1) is 8.36. The summed E-state index contributed by atoms with van der Waals surface area (Å²) >= 11 is 3.17. The molecule has 2 N–H and O–H groups in total. The molecular formula is C12H17N3OS2. The number of hydrogen-bond donors (Lipinski definition) is 1. The minimum absolute atomic E-state index is 0.000743. The molecule has 2 aromatic rings. The summed E-state index contributed by atoms with van der Waals surface area (Å²) in [5, 5.41) is 0.609. The van der Waals surface area contributed by atoms with Gasteiger partial charge in [0.25, 0.3) is 0 Å². The highest BCUT2D eigenvalue weighted by Gasteiger charge is 2.19. The van der Waals surface area contributed by atoms with Crippen molar-refractivity contribution >= 4 is 28.2 Å². The van der Waals surface area contributed by atoms with Crippen molar-refractivity contribution in [3.63, 3.8) is 0 Å². The van der Waals surface area contributed by atoms with Crippen LogP contribution in [0.4, 0.5) is 5.13 Å². The molecule has 6 heteroatoms. The number of aromatic nitrogens is 2. The third-order valence-corrected chi connectivity index (χ3v) is 4.72. The smallest absolute Gasteiger partial charge is 0.204 e. The van der Waals surface area contributed by atoms with Gasteiger partial charge in [0.05, 0.1) is 21.9 Å². The highest BCUT2D eigenvalue weighted by atomic mass is 32.2. The van der Waals surface area contributed by atoms with E-state index in [2.05, 4.69) is 30.7 Å². The maximum atomic E-state index is 5.74. The second kappa shape index (κ2) is 4.93. The van der Waals surface area contributed by atoms with E-state index >= 15 is 0 Å². The van der Waals surface area contributed by atoms with Crippen LogP contribution in [0, 0.1) is 6.92 Å². The summed E-state index contributed by atoms with van der Waals surface area (Å²) in [6.07, 6.45) is 1.81. The molecule has 0 saturated heterocycles. The average molecular weight is 283 g/mol. The Bertz CT molecular complexity index is 540. The molecule has 0 aliphatic heterocycles. The number of thiazole rings is 1. The fourth-order valence-electron chi connectivity index (χ4n) is 1.39. The molecule has 0 amide bonds. The van der Waals surface area contributed by atoms with Crippen LogP contribution in [0.1, 0.15) is 38.1 Å². The lowest BCUT2D eigenvalue weighted by Gasteiger charge is -2.12. The lowest BCUT2D eigenvalue weighted by molar-refractivity contribution is 0.391. The predicted molar refractivity (Wildman–Crippen MR) is 76.0 cm³/mol. The van der Waals surface area contributed by atoms with Gasteiger partial charge in [-0.05, 0) is 6.92 Å². The summed E-state index contributed by atoms with van der Waals surface area (Å²) in [7, 11) is 0. The standard InChI is InChI=1S/C12H17N3OS2/c1-7-10(18-11(13)15-7)17-6-9-14-5-8(16-9)12(2,3)4/h5H,6H2,1-4H3,(H2,13,15). The highest BCUT2D eigenvalue weighted by Crippen LogP contribution is 2.33. The van der Waals surface area contributed by atoms with E-state index in [1.54, 1.807) is 11.8 Å². The molecule has 0 atom stereocenters. The monoisotopic (exact) mass is 283 g/mol. The molecule has 2 rings (SSSR count). The van der Waals surface area contributed by atoms with Crippen LogP contribution in [-0.2, 0) is 11.2 Å². The van der Waals surface area contributed by atoms with Crippen molar-refractivity contribution in [2.45, 2.75) is 43.1 Å². The Morgan fingerprint density at radius 2 is 2.17 bits per heavy atom. The summed E-state index contributed by atoms with van der Waals surface area (Å²) in [5.41, 5.74) is 6.64. The van der Waals surface area contributed by atoms with E-state index in [0.717, 1.165) is 21.6 Å². The Kier molecular flexibility index (Phi) is 3.68. The van der Waals surface area contributed by atoms with E-state index in [0.29, 0.717) is 10.9 Å². The molecule has 0 saturated carbocycles. The van der Waals surface area contributed by atoms with Crippen LogP contribution < -0.4 is 5.73 Å². The molecule has 0 unspecified atom stereocenters. The topological polar surface area (TPSA) is 64.9 Å². The lowest BCUT2D eigenvalue weighted by Crippen LogP contribution is -2.09. The first-order valence-corrected chi connectivity index (χ1v) is 7.47. The molecule has 0 bridgehead atoms. The van der Waals surface area contributed by atoms with Gasteiger partial charge in [-0.2, -0.15) is 0 Å². The molecule has 0 fully saturated rings. The molecular weight excluding hydrogens is 266 g/mol. The van der Waals surface area contributed by atoms with Gasteiger partial charge in [0.15, 0.2) is 5.13 Å². The Morgan fingerprint density at radius 1 is 1.44 bits per heavy atom. The molecule has 0 aliphatic rings. The van der Waals surface area contributed by atoms with Crippen LogP contribution in [0.15, 0.2) is 14.8 Å². The van der Waals surface area contributed by atoms with E-state index in [4.69, 9.17) is 10.2 Å². The van der Waals surface area contributed by atoms with Crippen LogP contribution in [0.5, 0.6) is 0 Å². The molecule has 4 nitrogen and oxygen atoms in total. The number of hydrogen-bond acceptors (Lipinski definition) is 6. The van der Waals surface area contributed by atoms with Crippen LogP contribution >= 0.6 is 23.1 Å². The van der Waals surface area contributed by atoms with Crippen molar-refractivity contribution in [3.8, 4) is 0 Å².